The van der Waals surface area contributed by atoms with Gasteiger partial charge in [0.1, 0.15) is 5.15 Å². The van der Waals surface area contributed by atoms with Gasteiger partial charge in [-0.2, -0.15) is 5.10 Å². The van der Waals surface area contributed by atoms with Crippen LogP contribution in [0.2, 0.25) is 10.3 Å². The fourth-order valence-electron chi connectivity index (χ4n) is 1.18. The van der Waals surface area contributed by atoms with Crippen LogP contribution in [0.5, 0.6) is 0 Å². The molecule has 0 aliphatic heterocycles. The molecule has 5 heteroatoms. The molecule has 0 spiro atoms. The monoisotopic (exact) mass is 239 g/mol. The molecule has 3 nitrogen and oxygen atoms in total. The Kier molecular flexibility index (Phi) is 2.75. The topological polar surface area (TPSA) is 41.7 Å². The van der Waals surface area contributed by atoms with Crippen molar-refractivity contribution in [2.75, 3.05) is 0 Å². The first-order valence-electron chi connectivity index (χ1n) is 4.24. The SMILES string of the molecule is N=c1cc(Cl)n(-c2ccccc2)nc1Cl. The largest absolute Gasteiger partial charge is 0.298 e. The summed E-state index contributed by atoms with van der Waals surface area (Å²) in [5.74, 6) is 0. The molecule has 2 aromatic rings. The molecular formula is C10H7Cl2N3. The second kappa shape index (κ2) is 4.04. The number of rotatable bonds is 1. The van der Waals surface area contributed by atoms with Gasteiger partial charge in [0.15, 0.2) is 5.15 Å². The van der Waals surface area contributed by atoms with E-state index in [9.17, 15) is 0 Å². The molecule has 2 rings (SSSR count). The van der Waals surface area contributed by atoms with Gasteiger partial charge in [-0.3, -0.25) is 5.41 Å². The van der Waals surface area contributed by atoms with E-state index in [1.807, 2.05) is 30.3 Å². The minimum absolute atomic E-state index is 0.119. The second-order valence-corrected chi connectivity index (χ2v) is 3.66. The van der Waals surface area contributed by atoms with Crippen LogP contribution in [0, 0.1) is 5.41 Å². The number of halogens is 2. The first-order valence-corrected chi connectivity index (χ1v) is 4.99. The number of nitrogens with zero attached hydrogens (tertiary/aromatic N) is 2. The molecule has 1 aromatic carbocycles. The molecule has 0 fully saturated rings. The van der Waals surface area contributed by atoms with Gasteiger partial charge in [-0.25, -0.2) is 4.68 Å². The molecule has 1 aromatic heterocycles. The molecular weight excluding hydrogens is 233 g/mol. The molecule has 76 valence electrons. The van der Waals surface area contributed by atoms with E-state index in [4.69, 9.17) is 28.6 Å². The van der Waals surface area contributed by atoms with Crippen LogP contribution in [0.4, 0.5) is 0 Å². The molecule has 15 heavy (non-hydrogen) atoms. The minimum atomic E-state index is 0.119. The minimum Gasteiger partial charge on any atom is -0.298 e. The summed E-state index contributed by atoms with van der Waals surface area (Å²) in [6, 6.07) is 10.8. The van der Waals surface area contributed by atoms with Gasteiger partial charge < -0.3 is 0 Å². The number of hydrogen-bond acceptors (Lipinski definition) is 2. The average molecular weight is 240 g/mol. The highest BCUT2D eigenvalue weighted by Gasteiger charge is 2.04. The maximum Gasteiger partial charge on any atom is 0.174 e. The van der Waals surface area contributed by atoms with Crippen molar-refractivity contribution in [3.8, 4) is 5.69 Å². The van der Waals surface area contributed by atoms with Crippen molar-refractivity contribution < 1.29 is 0 Å². The van der Waals surface area contributed by atoms with Crippen molar-refractivity contribution >= 4 is 23.2 Å². The molecule has 0 saturated carbocycles. The van der Waals surface area contributed by atoms with Crippen LogP contribution in [0.25, 0.3) is 5.69 Å². The molecule has 0 saturated heterocycles. The number of para-hydroxylation sites is 1. The zero-order valence-corrected chi connectivity index (χ0v) is 9.13. The van der Waals surface area contributed by atoms with E-state index < -0.39 is 0 Å². The van der Waals surface area contributed by atoms with Gasteiger partial charge in [0, 0.05) is 6.07 Å². The summed E-state index contributed by atoms with van der Waals surface area (Å²) in [5, 5.41) is 12.0. The number of hydrogen-bond donors (Lipinski definition) is 1. The number of nitrogens with one attached hydrogen (secondary N) is 1. The van der Waals surface area contributed by atoms with Gasteiger partial charge in [0.25, 0.3) is 0 Å². The van der Waals surface area contributed by atoms with E-state index in [-0.39, 0.29) is 10.5 Å². The van der Waals surface area contributed by atoms with Gasteiger partial charge in [0.2, 0.25) is 0 Å². The van der Waals surface area contributed by atoms with Crippen LogP contribution in [0.3, 0.4) is 0 Å². The van der Waals surface area contributed by atoms with Crippen molar-refractivity contribution in [2.45, 2.75) is 0 Å². The lowest BCUT2D eigenvalue weighted by Gasteiger charge is -2.07. The first kappa shape index (κ1) is 10.2. The highest BCUT2D eigenvalue weighted by molar-refractivity contribution is 6.31. The third-order valence-corrected chi connectivity index (χ3v) is 2.43. The van der Waals surface area contributed by atoms with E-state index in [1.165, 1.54) is 10.7 Å². The van der Waals surface area contributed by atoms with Gasteiger partial charge in [-0.1, -0.05) is 41.4 Å². The van der Waals surface area contributed by atoms with Crippen LogP contribution in [0.1, 0.15) is 0 Å². The second-order valence-electron chi connectivity index (χ2n) is 2.92. The lowest BCUT2D eigenvalue weighted by Crippen LogP contribution is -2.11. The Labute approximate surface area is 96.4 Å². The van der Waals surface area contributed by atoms with Crippen LogP contribution in [-0.2, 0) is 0 Å². The third-order valence-electron chi connectivity index (χ3n) is 1.88. The molecule has 0 bridgehead atoms. The number of aromatic nitrogens is 2. The molecule has 1 heterocycles. The van der Waals surface area contributed by atoms with Crippen LogP contribution < -0.4 is 5.36 Å². The molecule has 0 aliphatic carbocycles. The first-order chi connectivity index (χ1) is 7.18. The predicted octanol–water partition coefficient (Wildman–Crippen LogP) is 2.66. The summed E-state index contributed by atoms with van der Waals surface area (Å²) in [4.78, 5) is 0. The Hall–Kier alpha value is -1.32. The quantitative estimate of drug-likeness (QED) is 0.817. The van der Waals surface area contributed by atoms with E-state index in [1.54, 1.807) is 0 Å². The summed E-state index contributed by atoms with van der Waals surface area (Å²) in [7, 11) is 0. The summed E-state index contributed by atoms with van der Waals surface area (Å²) in [6.07, 6.45) is 0. The summed E-state index contributed by atoms with van der Waals surface area (Å²) < 4.78 is 1.49. The molecule has 0 unspecified atom stereocenters. The Morgan fingerprint density at radius 1 is 1.13 bits per heavy atom. The smallest absolute Gasteiger partial charge is 0.174 e. The van der Waals surface area contributed by atoms with Crippen molar-refractivity contribution in [2.24, 2.45) is 0 Å². The molecule has 0 amide bonds. The van der Waals surface area contributed by atoms with Crippen LogP contribution >= 0.6 is 23.2 Å². The van der Waals surface area contributed by atoms with E-state index in [2.05, 4.69) is 5.10 Å². The maximum absolute atomic E-state index is 7.43. The molecule has 0 radical (unpaired) electrons. The van der Waals surface area contributed by atoms with Crippen molar-refractivity contribution in [1.82, 2.24) is 9.78 Å². The molecule has 1 N–H and O–H groups in total. The molecule has 0 aliphatic rings. The van der Waals surface area contributed by atoms with Crippen molar-refractivity contribution in [3.05, 3.63) is 52.1 Å². The fourth-order valence-corrected chi connectivity index (χ4v) is 1.55. The summed E-state index contributed by atoms with van der Waals surface area (Å²) in [6.45, 7) is 0. The standard InChI is InChI=1S/C10H7Cl2N3/c11-9-6-8(13)10(12)14-15(9)7-4-2-1-3-5-7/h1-6,13H. The van der Waals surface area contributed by atoms with E-state index >= 15 is 0 Å². The maximum atomic E-state index is 7.43. The lowest BCUT2D eigenvalue weighted by atomic mass is 10.3. The normalized spacial score (nSPS) is 10.3. The third kappa shape index (κ3) is 2.03. The summed E-state index contributed by atoms with van der Waals surface area (Å²) >= 11 is 11.7. The Morgan fingerprint density at radius 2 is 1.80 bits per heavy atom. The lowest BCUT2D eigenvalue weighted by molar-refractivity contribution is 0.830. The Balaban J connectivity index is 2.64. The van der Waals surface area contributed by atoms with Gasteiger partial charge in [-0.15, -0.1) is 0 Å². The number of benzene rings is 1. The predicted molar refractivity (Wildman–Crippen MR) is 59.4 cm³/mol. The Morgan fingerprint density at radius 3 is 2.47 bits per heavy atom. The highest BCUT2D eigenvalue weighted by Crippen LogP contribution is 2.13. The highest BCUT2D eigenvalue weighted by atomic mass is 35.5. The van der Waals surface area contributed by atoms with Crippen LogP contribution in [0.15, 0.2) is 36.4 Å². The zero-order valence-electron chi connectivity index (χ0n) is 7.61. The van der Waals surface area contributed by atoms with Gasteiger partial charge >= 0.3 is 0 Å². The van der Waals surface area contributed by atoms with Gasteiger partial charge in [-0.05, 0) is 12.1 Å². The van der Waals surface area contributed by atoms with E-state index in [0.29, 0.717) is 5.15 Å². The van der Waals surface area contributed by atoms with Crippen molar-refractivity contribution in [1.29, 1.82) is 5.41 Å². The summed E-state index contributed by atoms with van der Waals surface area (Å²) in [5.41, 5.74) is 0.810. The zero-order chi connectivity index (χ0) is 10.8. The Bertz CT molecular complexity index is 534. The van der Waals surface area contributed by atoms with Crippen molar-refractivity contribution in [3.63, 3.8) is 0 Å². The van der Waals surface area contributed by atoms with E-state index in [0.717, 1.165) is 5.69 Å². The van der Waals surface area contributed by atoms with Gasteiger partial charge in [0.05, 0.1) is 11.0 Å². The fraction of sp³-hybridized carbons (Fsp3) is 0. The average Bonchev–Trinajstić information content (AvgIpc) is 2.25. The van der Waals surface area contributed by atoms with Crippen LogP contribution in [-0.4, -0.2) is 9.78 Å². The molecule has 0 atom stereocenters.